The number of carbonyl (C=O) groups is 1. The van der Waals surface area contributed by atoms with E-state index in [1.807, 2.05) is 6.92 Å². The first-order valence-corrected chi connectivity index (χ1v) is 6.10. The fourth-order valence-electron chi connectivity index (χ4n) is 0.584. The van der Waals surface area contributed by atoms with Gasteiger partial charge in [0.25, 0.3) is 0 Å². The molecule has 13 heavy (non-hydrogen) atoms. The lowest BCUT2D eigenvalue weighted by Gasteiger charge is -2.04. The van der Waals surface area contributed by atoms with Crippen LogP contribution in [0.3, 0.4) is 0 Å². The number of carbonyl (C=O) groups excluding carboxylic acids is 1. The van der Waals surface area contributed by atoms with E-state index in [-0.39, 0.29) is 12.3 Å². The van der Waals surface area contributed by atoms with Gasteiger partial charge in [-0.2, -0.15) is 0 Å². The Morgan fingerprint density at radius 2 is 2.08 bits per heavy atom. The summed E-state index contributed by atoms with van der Waals surface area (Å²) < 4.78 is 25.9. The summed E-state index contributed by atoms with van der Waals surface area (Å²) in [6.45, 7) is 2.33. The highest BCUT2D eigenvalue weighted by molar-refractivity contribution is 7.90. The predicted octanol–water partition coefficient (Wildman–Crippen LogP) is 0.167. The molecule has 78 valence electrons. The van der Waals surface area contributed by atoms with Crippen molar-refractivity contribution in [3.8, 4) is 0 Å². The second-order valence-corrected chi connectivity index (χ2v) is 4.95. The summed E-state index contributed by atoms with van der Waals surface area (Å²) in [5, 5.41) is 2.33. The summed E-state index contributed by atoms with van der Waals surface area (Å²) in [6.07, 6.45) is 1.30. The molecule has 0 aliphatic carbocycles. The van der Waals surface area contributed by atoms with Crippen LogP contribution >= 0.6 is 0 Å². The van der Waals surface area contributed by atoms with Gasteiger partial charge in [-0.3, -0.25) is 0 Å². The number of alkyl carbamates (subject to hydrolysis) is 1. The number of ether oxygens (including phenoxy) is 1. The van der Waals surface area contributed by atoms with Crippen molar-refractivity contribution < 1.29 is 17.9 Å². The van der Waals surface area contributed by atoms with Crippen LogP contribution < -0.4 is 5.32 Å². The van der Waals surface area contributed by atoms with Crippen LogP contribution in [0, 0.1) is 0 Å². The molecule has 0 aliphatic heterocycles. The summed E-state index contributed by atoms with van der Waals surface area (Å²) in [4.78, 5) is 10.8. The van der Waals surface area contributed by atoms with Gasteiger partial charge in [0, 0.05) is 12.8 Å². The SMILES string of the molecule is CCCOC(=O)NCCS(C)(=O)=O. The lowest BCUT2D eigenvalue weighted by molar-refractivity contribution is 0.147. The number of sulfone groups is 1. The lowest BCUT2D eigenvalue weighted by Crippen LogP contribution is -2.29. The zero-order chi connectivity index (χ0) is 10.3. The van der Waals surface area contributed by atoms with Gasteiger partial charge in [0.15, 0.2) is 0 Å². The van der Waals surface area contributed by atoms with Gasteiger partial charge >= 0.3 is 6.09 Å². The summed E-state index contributed by atoms with van der Waals surface area (Å²) in [5.74, 6) is -0.0613. The van der Waals surface area contributed by atoms with Crippen molar-refractivity contribution in [1.29, 1.82) is 0 Å². The van der Waals surface area contributed by atoms with Crippen molar-refractivity contribution in [1.82, 2.24) is 5.32 Å². The first kappa shape index (κ1) is 12.2. The van der Waals surface area contributed by atoms with Gasteiger partial charge in [0.1, 0.15) is 9.84 Å². The summed E-state index contributed by atoms with van der Waals surface area (Å²) in [7, 11) is -3.01. The van der Waals surface area contributed by atoms with Crippen molar-refractivity contribution in [2.24, 2.45) is 0 Å². The third kappa shape index (κ3) is 9.13. The topological polar surface area (TPSA) is 72.5 Å². The molecule has 0 aromatic rings. The Labute approximate surface area is 78.4 Å². The Morgan fingerprint density at radius 1 is 1.46 bits per heavy atom. The number of rotatable bonds is 5. The molecule has 0 spiro atoms. The van der Waals surface area contributed by atoms with E-state index in [9.17, 15) is 13.2 Å². The van der Waals surface area contributed by atoms with Gasteiger partial charge < -0.3 is 10.1 Å². The smallest absolute Gasteiger partial charge is 0.407 e. The standard InChI is InChI=1S/C7H15NO4S/c1-3-5-12-7(9)8-4-6-13(2,10)11/h3-6H2,1-2H3,(H,8,9). The molecule has 0 rings (SSSR count). The Balaban J connectivity index is 3.49. The summed E-state index contributed by atoms with van der Waals surface area (Å²) >= 11 is 0. The minimum atomic E-state index is -3.01. The number of hydrogen-bond acceptors (Lipinski definition) is 4. The molecule has 1 amide bonds. The number of nitrogens with one attached hydrogen (secondary N) is 1. The van der Waals surface area contributed by atoms with Crippen LogP contribution in [0.2, 0.25) is 0 Å². The van der Waals surface area contributed by atoms with E-state index in [0.717, 1.165) is 12.7 Å². The van der Waals surface area contributed by atoms with Crippen LogP contribution in [0.4, 0.5) is 4.79 Å². The fourth-order valence-corrected chi connectivity index (χ4v) is 1.06. The molecular formula is C7H15NO4S. The van der Waals surface area contributed by atoms with Gasteiger partial charge in [-0.05, 0) is 6.42 Å². The van der Waals surface area contributed by atoms with E-state index < -0.39 is 15.9 Å². The van der Waals surface area contributed by atoms with E-state index in [1.165, 1.54) is 0 Å². The second-order valence-electron chi connectivity index (χ2n) is 2.69. The molecule has 0 aromatic carbocycles. The van der Waals surface area contributed by atoms with Crippen LogP contribution in [-0.4, -0.2) is 39.7 Å². The zero-order valence-electron chi connectivity index (χ0n) is 7.87. The molecular weight excluding hydrogens is 194 g/mol. The minimum Gasteiger partial charge on any atom is -0.450 e. The minimum absolute atomic E-state index is 0.0613. The third-order valence-corrected chi connectivity index (χ3v) is 2.13. The van der Waals surface area contributed by atoms with Crippen LogP contribution in [0.25, 0.3) is 0 Å². The van der Waals surface area contributed by atoms with E-state index in [0.29, 0.717) is 6.61 Å². The first-order chi connectivity index (χ1) is 5.95. The monoisotopic (exact) mass is 209 g/mol. The van der Waals surface area contributed by atoms with Gasteiger partial charge in [-0.25, -0.2) is 13.2 Å². The highest BCUT2D eigenvalue weighted by Crippen LogP contribution is 1.83. The van der Waals surface area contributed by atoms with Gasteiger partial charge in [0.2, 0.25) is 0 Å². The van der Waals surface area contributed by atoms with Gasteiger partial charge in [-0.1, -0.05) is 6.92 Å². The van der Waals surface area contributed by atoms with Crippen molar-refractivity contribution in [3.63, 3.8) is 0 Å². The van der Waals surface area contributed by atoms with E-state index in [1.54, 1.807) is 0 Å². The van der Waals surface area contributed by atoms with E-state index in [2.05, 4.69) is 10.1 Å². The third-order valence-electron chi connectivity index (χ3n) is 1.18. The maximum atomic E-state index is 10.8. The normalized spacial score (nSPS) is 10.9. The van der Waals surface area contributed by atoms with Crippen molar-refractivity contribution in [3.05, 3.63) is 0 Å². The molecule has 0 heterocycles. The molecule has 0 saturated carbocycles. The Bertz CT molecular complexity index is 247. The van der Waals surface area contributed by atoms with Gasteiger partial charge in [0.05, 0.1) is 12.4 Å². The molecule has 0 atom stereocenters. The largest absolute Gasteiger partial charge is 0.450 e. The Kier molecular flexibility index (Phi) is 5.45. The van der Waals surface area contributed by atoms with Gasteiger partial charge in [-0.15, -0.1) is 0 Å². The Morgan fingerprint density at radius 3 is 2.54 bits per heavy atom. The first-order valence-electron chi connectivity index (χ1n) is 4.04. The maximum absolute atomic E-state index is 10.8. The second kappa shape index (κ2) is 5.80. The molecule has 0 saturated heterocycles. The molecule has 0 aromatic heterocycles. The lowest BCUT2D eigenvalue weighted by atomic mass is 10.5. The number of hydrogen-bond donors (Lipinski definition) is 1. The molecule has 0 bridgehead atoms. The molecule has 0 aliphatic rings. The van der Waals surface area contributed by atoms with Crippen molar-refractivity contribution in [2.75, 3.05) is 25.2 Å². The molecule has 1 N–H and O–H groups in total. The average molecular weight is 209 g/mol. The van der Waals surface area contributed by atoms with Crippen molar-refractivity contribution in [2.45, 2.75) is 13.3 Å². The number of amides is 1. The van der Waals surface area contributed by atoms with Crippen LogP contribution in [0.1, 0.15) is 13.3 Å². The van der Waals surface area contributed by atoms with Crippen molar-refractivity contribution >= 4 is 15.9 Å². The van der Waals surface area contributed by atoms with Crippen LogP contribution in [0.15, 0.2) is 0 Å². The Hall–Kier alpha value is -0.780. The molecule has 6 heteroatoms. The average Bonchev–Trinajstić information content (AvgIpc) is 1.98. The summed E-state index contributed by atoms with van der Waals surface area (Å²) in [5.41, 5.74) is 0. The van der Waals surface area contributed by atoms with E-state index >= 15 is 0 Å². The zero-order valence-corrected chi connectivity index (χ0v) is 8.69. The maximum Gasteiger partial charge on any atom is 0.407 e. The molecule has 0 radical (unpaired) electrons. The highest BCUT2D eigenvalue weighted by atomic mass is 32.2. The molecule has 0 fully saturated rings. The highest BCUT2D eigenvalue weighted by Gasteiger charge is 2.04. The molecule has 0 unspecified atom stereocenters. The molecule has 5 nitrogen and oxygen atoms in total. The van der Waals surface area contributed by atoms with Crippen LogP contribution in [0.5, 0.6) is 0 Å². The fraction of sp³-hybridized carbons (Fsp3) is 0.857. The predicted molar refractivity (Wildman–Crippen MR) is 49.4 cm³/mol. The summed E-state index contributed by atoms with van der Waals surface area (Å²) in [6, 6.07) is 0. The van der Waals surface area contributed by atoms with Crippen LogP contribution in [-0.2, 0) is 14.6 Å². The quantitative estimate of drug-likeness (QED) is 0.700. The van der Waals surface area contributed by atoms with E-state index in [4.69, 9.17) is 0 Å².